The summed E-state index contributed by atoms with van der Waals surface area (Å²) in [6, 6.07) is 13.4. The van der Waals surface area contributed by atoms with Crippen molar-refractivity contribution in [2.45, 2.75) is 90.3 Å². The van der Waals surface area contributed by atoms with Gasteiger partial charge in [0.05, 0.1) is 0 Å². The Bertz CT molecular complexity index is 949. The van der Waals surface area contributed by atoms with E-state index >= 15 is 0 Å². The van der Waals surface area contributed by atoms with Gasteiger partial charge in [0, 0.05) is 34.6 Å². The second kappa shape index (κ2) is 12.6. The topological polar surface area (TPSA) is 49.4 Å². The summed E-state index contributed by atoms with van der Waals surface area (Å²) < 4.78 is 0. The van der Waals surface area contributed by atoms with Gasteiger partial charge in [0.15, 0.2) is 0 Å². The van der Waals surface area contributed by atoms with Gasteiger partial charge in [-0.05, 0) is 54.9 Å². The van der Waals surface area contributed by atoms with Crippen LogP contribution >= 0.6 is 23.2 Å². The molecule has 1 N–H and O–H groups in total. The van der Waals surface area contributed by atoms with Gasteiger partial charge in [0.2, 0.25) is 11.8 Å². The van der Waals surface area contributed by atoms with Crippen molar-refractivity contribution in [1.82, 2.24) is 10.2 Å². The Morgan fingerprint density at radius 2 is 1.65 bits per heavy atom. The van der Waals surface area contributed by atoms with Crippen molar-refractivity contribution in [2.24, 2.45) is 0 Å². The molecule has 0 heterocycles. The van der Waals surface area contributed by atoms with Gasteiger partial charge in [0.1, 0.15) is 6.04 Å². The smallest absolute Gasteiger partial charge is 0.243 e. The molecule has 0 radical (unpaired) electrons. The first-order valence-corrected chi connectivity index (χ1v) is 13.2. The van der Waals surface area contributed by atoms with Gasteiger partial charge in [-0.3, -0.25) is 9.59 Å². The molecule has 34 heavy (non-hydrogen) atoms. The van der Waals surface area contributed by atoms with Crippen LogP contribution in [0.3, 0.4) is 0 Å². The van der Waals surface area contributed by atoms with Crippen LogP contribution in [0, 0.1) is 0 Å². The van der Waals surface area contributed by atoms with Crippen molar-refractivity contribution in [3.8, 4) is 0 Å². The van der Waals surface area contributed by atoms with Crippen LogP contribution in [0.2, 0.25) is 10.0 Å². The first-order chi connectivity index (χ1) is 16.3. The van der Waals surface area contributed by atoms with Crippen molar-refractivity contribution in [3.63, 3.8) is 0 Å². The highest BCUT2D eigenvalue weighted by Crippen LogP contribution is 2.28. The number of carbonyl (C=O) groups is 2. The number of aryl methyl sites for hydroxylation is 1. The Kier molecular flexibility index (Phi) is 9.85. The van der Waals surface area contributed by atoms with Crippen molar-refractivity contribution in [3.05, 3.63) is 69.2 Å². The molecule has 0 aromatic heterocycles. The van der Waals surface area contributed by atoms with E-state index in [4.69, 9.17) is 23.2 Å². The number of nitrogens with zero attached hydrogens (tertiary/aromatic N) is 1. The van der Waals surface area contributed by atoms with Gasteiger partial charge in [-0.25, -0.2) is 0 Å². The minimum atomic E-state index is -0.566. The summed E-state index contributed by atoms with van der Waals surface area (Å²) in [6.07, 6.45) is 5.72. The average molecular weight is 504 g/mol. The fourth-order valence-corrected chi connectivity index (χ4v) is 5.12. The van der Waals surface area contributed by atoms with E-state index in [0.717, 1.165) is 31.2 Å². The normalized spacial score (nSPS) is 14.9. The lowest BCUT2D eigenvalue weighted by atomic mass is 10.00. The highest BCUT2D eigenvalue weighted by molar-refractivity contribution is 6.36. The summed E-state index contributed by atoms with van der Waals surface area (Å²) in [6.45, 7) is 6.48. The number of benzene rings is 2. The minimum absolute atomic E-state index is 0.0719. The van der Waals surface area contributed by atoms with E-state index in [-0.39, 0.29) is 24.4 Å². The van der Waals surface area contributed by atoms with Gasteiger partial charge in [-0.1, -0.05) is 87.1 Å². The Morgan fingerprint density at radius 3 is 2.21 bits per heavy atom. The van der Waals surface area contributed by atoms with E-state index in [9.17, 15) is 9.59 Å². The van der Waals surface area contributed by atoms with Crippen LogP contribution in [0.15, 0.2) is 42.5 Å². The number of halogens is 2. The van der Waals surface area contributed by atoms with E-state index in [1.54, 1.807) is 23.1 Å². The number of hydrogen-bond acceptors (Lipinski definition) is 2. The predicted octanol–water partition coefficient (Wildman–Crippen LogP) is 6.92. The molecule has 0 aliphatic heterocycles. The molecular weight excluding hydrogens is 467 g/mol. The van der Waals surface area contributed by atoms with Crippen molar-refractivity contribution in [2.75, 3.05) is 0 Å². The molecule has 0 saturated heterocycles. The maximum atomic E-state index is 13.5. The molecule has 4 nitrogen and oxygen atoms in total. The Morgan fingerprint density at radius 1 is 1.03 bits per heavy atom. The van der Waals surface area contributed by atoms with Gasteiger partial charge in [0.25, 0.3) is 0 Å². The number of nitrogens with one attached hydrogen (secondary N) is 1. The molecule has 2 aromatic rings. The molecule has 1 saturated carbocycles. The third-order valence-corrected chi connectivity index (χ3v) is 7.46. The lowest BCUT2D eigenvalue weighted by molar-refractivity contribution is -0.141. The van der Waals surface area contributed by atoms with E-state index in [1.165, 1.54) is 5.56 Å². The molecule has 1 atom stereocenters. The first-order valence-electron chi connectivity index (χ1n) is 12.4. The minimum Gasteiger partial charge on any atom is -0.352 e. The summed E-state index contributed by atoms with van der Waals surface area (Å²) >= 11 is 12.9. The van der Waals surface area contributed by atoms with Crippen LogP contribution in [0.25, 0.3) is 0 Å². The lowest BCUT2D eigenvalue weighted by Gasteiger charge is -2.32. The summed E-state index contributed by atoms with van der Waals surface area (Å²) in [5.41, 5.74) is 3.06. The molecule has 2 amide bonds. The fourth-order valence-electron chi connectivity index (χ4n) is 4.60. The number of hydrogen-bond donors (Lipinski definition) is 1. The molecule has 6 heteroatoms. The molecule has 184 valence electrons. The fraction of sp³-hybridized carbons (Fsp3) is 0.500. The maximum absolute atomic E-state index is 13.5. The van der Waals surface area contributed by atoms with E-state index < -0.39 is 6.04 Å². The van der Waals surface area contributed by atoms with Crippen molar-refractivity contribution < 1.29 is 9.59 Å². The van der Waals surface area contributed by atoms with Gasteiger partial charge in [-0.2, -0.15) is 0 Å². The van der Waals surface area contributed by atoms with Crippen LogP contribution in [0.4, 0.5) is 0 Å². The number of carbonyl (C=O) groups excluding carboxylic acids is 2. The third-order valence-electron chi connectivity index (χ3n) is 6.75. The Labute approximate surface area is 214 Å². The van der Waals surface area contributed by atoms with Crippen LogP contribution in [0.1, 0.15) is 81.9 Å². The molecule has 0 unspecified atom stereocenters. The van der Waals surface area contributed by atoms with E-state index in [2.05, 4.69) is 43.4 Å². The third kappa shape index (κ3) is 6.99. The highest BCUT2D eigenvalue weighted by Gasteiger charge is 2.31. The van der Waals surface area contributed by atoms with Crippen molar-refractivity contribution >= 4 is 35.0 Å². The molecule has 1 aliphatic carbocycles. The van der Waals surface area contributed by atoms with Crippen LogP contribution in [0.5, 0.6) is 0 Å². The second-order valence-electron chi connectivity index (χ2n) is 9.53. The zero-order valence-corrected chi connectivity index (χ0v) is 22.0. The molecule has 3 rings (SSSR count). The average Bonchev–Trinajstić information content (AvgIpc) is 3.32. The number of amides is 2. The second-order valence-corrected chi connectivity index (χ2v) is 10.3. The highest BCUT2D eigenvalue weighted by atomic mass is 35.5. The summed E-state index contributed by atoms with van der Waals surface area (Å²) in [7, 11) is 0. The molecule has 0 bridgehead atoms. The monoisotopic (exact) mass is 502 g/mol. The molecule has 1 aliphatic rings. The van der Waals surface area contributed by atoms with Crippen LogP contribution < -0.4 is 5.32 Å². The largest absolute Gasteiger partial charge is 0.352 e. The van der Waals surface area contributed by atoms with Gasteiger partial charge < -0.3 is 10.2 Å². The van der Waals surface area contributed by atoms with Crippen molar-refractivity contribution in [1.29, 1.82) is 0 Å². The molecule has 1 fully saturated rings. The Balaban J connectivity index is 1.78. The maximum Gasteiger partial charge on any atom is 0.243 e. The van der Waals surface area contributed by atoms with Crippen LogP contribution in [-0.2, 0) is 22.6 Å². The Hall–Kier alpha value is -2.04. The van der Waals surface area contributed by atoms with E-state index in [0.29, 0.717) is 40.8 Å². The number of rotatable bonds is 10. The summed E-state index contributed by atoms with van der Waals surface area (Å²) in [5.74, 6) is 0.305. The standard InChI is InChI=1S/C28H36Cl2N2O2/c1-4-26(28(34)31-22-8-5-6-9-22)32(18-23-24(29)10-7-11-25(23)30)27(33)17-14-20-12-15-21(16-13-20)19(2)3/h7,10-13,15-16,19,22,26H,4-6,8-9,14,17-18H2,1-3H3,(H,31,34)/t26-/m1/s1. The molecular formula is C28H36Cl2N2O2. The zero-order chi connectivity index (χ0) is 24.7. The quantitative estimate of drug-likeness (QED) is 0.383. The van der Waals surface area contributed by atoms with Gasteiger partial charge in [-0.15, -0.1) is 0 Å². The predicted molar refractivity (Wildman–Crippen MR) is 140 cm³/mol. The van der Waals surface area contributed by atoms with Crippen LogP contribution in [-0.4, -0.2) is 28.8 Å². The van der Waals surface area contributed by atoms with E-state index in [1.807, 2.05) is 6.92 Å². The lowest BCUT2D eigenvalue weighted by Crippen LogP contribution is -2.51. The molecule has 0 spiro atoms. The van der Waals surface area contributed by atoms with Gasteiger partial charge >= 0.3 is 0 Å². The summed E-state index contributed by atoms with van der Waals surface area (Å²) in [5, 5.41) is 4.17. The summed E-state index contributed by atoms with van der Waals surface area (Å²) in [4.78, 5) is 28.4. The first kappa shape index (κ1) is 26.6. The zero-order valence-electron chi connectivity index (χ0n) is 20.4. The SMILES string of the molecule is CC[C@H](C(=O)NC1CCCC1)N(Cc1c(Cl)cccc1Cl)C(=O)CCc1ccc(C(C)C)cc1. The molecule has 2 aromatic carbocycles.